The van der Waals surface area contributed by atoms with Crippen LogP contribution in [0.1, 0.15) is 29.2 Å². The van der Waals surface area contributed by atoms with Crippen LogP contribution < -0.4 is 10.7 Å². The van der Waals surface area contributed by atoms with Crippen LogP contribution in [-0.4, -0.2) is 10.9 Å². The van der Waals surface area contributed by atoms with Crippen molar-refractivity contribution in [1.29, 1.82) is 5.26 Å². The number of nitrogens with one attached hydrogen (secondary N) is 2. The average molecular weight is 408 g/mol. The minimum Gasteiger partial charge on any atom is -0.339 e. The lowest BCUT2D eigenvalue weighted by molar-refractivity contribution is -0.137. The molecule has 0 aromatic heterocycles. The lowest BCUT2D eigenvalue weighted by Crippen LogP contribution is -2.49. The topological polar surface area (TPSA) is 68.2 Å². The first-order chi connectivity index (χ1) is 14.3. The van der Waals surface area contributed by atoms with Crippen molar-refractivity contribution in [1.82, 2.24) is 15.8 Å². The smallest absolute Gasteiger partial charge is 0.339 e. The van der Waals surface area contributed by atoms with Crippen molar-refractivity contribution in [3.8, 4) is 6.07 Å². The van der Waals surface area contributed by atoms with E-state index in [1.807, 2.05) is 6.07 Å². The van der Waals surface area contributed by atoms with Gasteiger partial charge in [-0.3, -0.25) is 10.2 Å². The van der Waals surface area contributed by atoms with Gasteiger partial charge in [0, 0.05) is 17.3 Å². The fourth-order valence-corrected chi connectivity index (χ4v) is 3.24. The van der Waals surface area contributed by atoms with Crippen LogP contribution in [0.5, 0.6) is 0 Å². The number of fused-ring (bicyclic) bond motifs is 1. The normalized spacial score (nSPS) is 16.1. The SMILES string of the molecule is CC1=C(c2ccc(C(F)(F)F)cc2)C=C2NC(c3ccc(C#N)cc3)=CC(=O)N2N1. The van der Waals surface area contributed by atoms with E-state index in [0.717, 1.165) is 17.7 Å². The Labute approximate surface area is 170 Å². The van der Waals surface area contributed by atoms with Gasteiger partial charge >= 0.3 is 6.18 Å². The molecule has 0 radical (unpaired) electrons. The zero-order valence-corrected chi connectivity index (χ0v) is 15.7. The molecule has 5 nitrogen and oxygen atoms in total. The van der Waals surface area contributed by atoms with Crippen LogP contribution in [0.2, 0.25) is 0 Å². The molecule has 0 saturated heterocycles. The van der Waals surface area contributed by atoms with Crippen molar-refractivity contribution < 1.29 is 18.0 Å². The molecule has 8 heteroatoms. The third kappa shape index (κ3) is 3.53. The number of hydrogen-bond acceptors (Lipinski definition) is 4. The summed E-state index contributed by atoms with van der Waals surface area (Å²) in [5.74, 6) is 0.146. The number of nitriles is 1. The second-order valence-corrected chi connectivity index (χ2v) is 6.80. The molecule has 30 heavy (non-hydrogen) atoms. The molecule has 4 rings (SSSR count). The highest BCUT2D eigenvalue weighted by atomic mass is 19.4. The number of nitrogens with zero attached hydrogens (tertiary/aromatic N) is 2. The number of carbonyl (C=O) groups excluding carboxylic acids is 1. The molecule has 0 bridgehead atoms. The average Bonchev–Trinajstić information content (AvgIpc) is 2.73. The number of alkyl halides is 3. The highest BCUT2D eigenvalue weighted by Crippen LogP contribution is 2.32. The minimum atomic E-state index is -4.40. The highest BCUT2D eigenvalue weighted by Gasteiger charge is 2.31. The molecule has 2 aliphatic heterocycles. The molecule has 2 aliphatic rings. The Morgan fingerprint density at radius 2 is 1.60 bits per heavy atom. The number of hydrogen-bond donors (Lipinski definition) is 2. The first-order valence-corrected chi connectivity index (χ1v) is 8.96. The van der Waals surface area contributed by atoms with Gasteiger partial charge in [-0.2, -0.15) is 18.4 Å². The van der Waals surface area contributed by atoms with Gasteiger partial charge in [0.1, 0.15) is 5.82 Å². The van der Waals surface area contributed by atoms with Crippen LogP contribution in [-0.2, 0) is 11.0 Å². The van der Waals surface area contributed by atoms with Gasteiger partial charge in [0.2, 0.25) is 0 Å². The van der Waals surface area contributed by atoms with Crippen molar-refractivity contribution >= 4 is 17.2 Å². The standard InChI is InChI=1S/C22H15F3N4O/c1-13-18(15-6-8-17(9-7-15)22(23,24)25)10-20-27-19(11-21(30)29(20)28-13)16-4-2-14(12-26)3-5-16/h2-11,27-28H,1H3. The van der Waals surface area contributed by atoms with Gasteiger partial charge in [0.05, 0.1) is 22.9 Å². The maximum Gasteiger partial charge on any atom is 0.416 e. The predicted molar refractivity (Wildman–Crippen MR) is 104 cm³/mol. The Morgan fingerprint density at radius 1 is 0.967 bits per heavy atom. The maximum absolute atomic E-state index is 12.8. The molecule has 0 unspecified atom stereocenters. The molecule has 0 aliphatic carbocycles. The summed E-state index contributed by atoms with van der Waals surface area (Å²) in [7, 11) is 0. The van der Waals surface area contributed by atoms with E-state index in [2.05, 4.69) is 10.7 Å². The molecule has 2 aromatic carbocycles. The largest absolute Gasteiger partial charge is 0.416 e. The van der Waals surface area contributed by atoms with Crippen molar-refractivity contribution in [3.05, 3.63) is 94.5 Å². The highest BCUT2D eigenvalue weighted by molar-refractivity contribution is 5.99. The molecule has 0 fully saturated rings. The van der Waals surface area contributed by atoms with E-state index in [0.29, 0.717) is 33.9 Å². The molecule has 0 saturated carbocycles. The van der Waals surface area contributed by atoms with Gasteiger partial charge in [-0.25, -0.2) is 5.01 Å². The summed E-state index contributed by atoms with van der Waals surface area (Å²) in [5, 5.41) is 13.4. The van der Waals surface area contributed by atoms with Crippen molar-refractivity contribution in [2.75, 3.05) is 0 Å². The summed E-state index contributed by atoms with van der Waals surface area (Å²) in [5.41, 5.74) is 5.92. The third-order valence-electron chi connectivity index (χ3n) is 4.80. The van der Waals surface area contributed by atoms with E-state index in [9.17, 15) is 18.0 Å². The zero-order valence-electron chi connectivity index (χ0n) is 15.7. The van der Waals surface area contributed by atoms with Gasteiger partial charge in [-0.15, -0.1) is 0 Å². The number of halogens is 3. The maximum atomic E-state index is 12.8. The molecule has 0 spiro atoms. The second-order valence-electron chi connectivity index (χ2n) is 6.80. The quantitative estimate of drug-likeness (QED) is 0.784. The summed E-state index contributed by atoms with van der Waals surface area (Å²) in [6.45, 7) is 1.74. The number of carbonyl (C=O) groups is 1. The van der Waals surface area contributed by atoms with Gasteiger partial charge in [0.25, 0.3) is 5.91 Å². The van der Waals surface area contributed by atoms with Gasteiger partial charge < -0.3 is 5.32 Å². The van der Waals surface area contributed by atoms with Crippen LogP contribution in [0.3, 0.4) is 0 Å². The van der Waals surface area contributed by atoms with Crippen LogP contribution in [0.25, 0.3) is 11.3 Å². The number of allylic oxidation sites excluding steroid dienone is 3. The van der Waals surface area contributed by atoms with Gasteiger partial charge in [0.15, 0.2) is 0 Å². The van der Waals surface area contributed by atoms with Crippen molar-refractivity contribution in [2.24, 2.45) is 0 Å². The summed E-state index contributed by atoms with van der Waals surface area (Å²) >= 11 is 0. The summed E-state index contributed by atoms with van der Waals surface area (Å²) in [6, 6.07) is 13.7. The van der Waals surface area contributed by atoms with E-state index in [4.69, 9.17) is 5.26 Å². The van der Waals surface area contributed by atoms with Crippen molar-refractivity contribution in [3.63, 3.8) is 0 Å². The van der Waals surface area contributed by atoms with Gasteiger partial charge in [-0.05, 0) is 48.4 Å². The van der Waals surface area contributed by atoms with Crippen molar-refractivity contribution in [2.45, 2.75) is 13.1 Å². The first-order valence-electron chi connectivity index (χ1n) is 8.96. The number of amides is 1. The van der Waals surface area contributed by atoms with Gasteiger partial charge in [-0.1, -0.05) is 24.3 Å². The Morgan fingerprint density at radius 3 is 2.20 bits per heavy atom. The van der Waals surface area contributed by atoms with Crippen LogP contribution >= 0.6 is 0 Å². The lowest BCUT2D eigenvalue weighted by Gasteiger charge is -2.35. The molecule has 0 atom stereocenters. The third-order valence-corrected chi connectivity index (χ3v) is 4.80. The molecule has 2 heterocycles. The van der Waals surface area contributed by atoms with E-state index in [1.165, 1.54) is 23.2 Å². The van der Waals surface area contributed by atoms with E-state index in [-0.39, 0.29) is 5.91 Å². The Balaban J connectivity index is 1.66. The van der Waals surface area contributed by atoms with E-state index >= 15 is 0 Å². The van der Waals surface area contributed by atoms with E-state index < -0.39 is 11.7 Å². The van der Waals surface area contributed by atoms with Crippen LogP contribution in [0.15, 0.2) is 72.2 Å². The molecule has 2 aromatic rings. The summed E-state index contributed by atoms with van der Waals surface area (Å²) in [6.07, 6.45) is -1.26. The number of rotatable bonds is 2. The fraction of sp³-hybridized carbons (Fsp3) is 0.0909. The lowest BCUT2D eigenvalue weighted by atomic mass is 10.00. The molecule has 1 amide bonds. The van der Waals surface area contributed by atoms with Crippen LogP contribution in [0.4, 0.5) is 13.2 Å². The Bertz CT molecular complexity index is 1150. The Kier molecular flexibility index (Phi) is 4.59. The first kappa shape index (κ1) is 19.3. The minimum absolute atomic E-state index is 0.301. The van der Waals surface area contributed by atoms with Crippen LogP contribution in [0, 0.1) is 11.3 Å². The zero-order chi connectivity index (χ0) is 21.5. The Hall–Kier alpha value is -3.99. The summed E-state index contributed by atoms with van der Waals surface area (Å²) < 4.78 is 38.5. The summed E-state index contributed by atoms with van der Waals surface area (Å²) in [4.78, 5) is 12.6. The van der Waals surface area contributed by atoms with E-state index in [1.54, 1.807) is 37.3 Å². The monoisotopic (exact) mass is 408 g/mol. The fourth-order valence-electron chi connectivity index (χ4n) is 3.24. The molecule has 2 N–H and O–H groups in total. The molecular formula is C22H15F3N4O. The second kappa shape index (κ2) is 7.12. The number of benzene rings is 2. The predicted octanol–water partition coefficient (Wildman–Crippen LogP) is 4.14. The number of hydrazine groups is 1. The molecular weight excluding hydrogens is 393 g/mol. The molecule has 150 valence electrons.